The third kappa shape index (κ3) is 4.88. The van der Waals surface area contributed by atoms with Gasteiger partial charge in [-0.3, -0.25) is 0 Å². The van der Waals surface area contributed by atoms with Crippen LogP contribution >= 0.6 is 0 Å². The zero-order chi connectivity index (χ0) is 35.9. The summed E-state index contributed by atoms with van der Waals surface area (Å²) in [6.07, 6.45) is 0. The molecule has 1 nitrogen and oxygen atoms in total. The molecule has 53 heavy (non-hydrogen) atoms. The number of benzene rings is 8. The Bertz CT molecular complexity index is 2730. The van der Waals surface area contributed by atoms with Gasteiger partial charge in [0.1, 0.15) is 16.1 Å². The summed E-state index contributed by atoms with van der Waals surface area (Å²) in [6, 6.07) is 66.1. The molecule has 0 aliphatic carbocycles. The predicted molar refractivity (Wildman–Crippen MR) is 234 cm³/mol. The van der Waals surface area contributed by atoms with Crippen LogP contribution in [0.4, 0.5) is 17.1 Å². The summed E-state index contributed by atoms with van der Waals surface area (Å²) < 4.78 is 0. The molecule has 0 atom stereocenters. The second kappa shape index (κ2) is 11.9. The maximum Gasteiger partial charge on any atom is 0.116 e. The van der Waals surface area contributed by atoms with Crippen molar-refractivity contribution in [2.75, 3.05) is 4.90 Å². The molecule has 0 spiro atoms. The molecule has 0 fully saturated rings. The van der Waals surface area contributed by atoms with Crippen LogP contribution < -0.4 is 25.6 Å². The largest absolute Gasteiger partial charge is 0.311 e. The van der Waals surface area contributed by atoms with Gasteiger partial charge in [0, 0.05) is 17.1 Å². The molecule has 10 rings (SSSR count). The number of rotatable bonds is 5. The molecule has 3 heteroatoms. The topological polar surface area (TPSA) is 3.24 Å². The highest BCUT2D eigenvalue weighted by molar-refractivity contribution is 7.05. The van der Waals surface area contributed by atoms with Crippen LogP contribution in [0.15, 0.2) is 176 Å². The molecule has 0 N–H and O–H groups in total. The fourth-order valence-electron chi connectivity index (χ4n) is 9.41. The number of anilines is 3. The first-order valence-corrected chi connectivity index (χ1v) is 24.8. The Hall–Kier alpha value is -5.75. The Labute approximate surface area is 314 Å². The number of hydrogen-bond donors (Lipinski definition) is 0. The van der Waals surface area contributed by atoms with Crippen molar-refractivity contribution in [3.63, 3.8) is 0 Å². The molecule has 8 aromatic carbocycles. The van der Waals surface area contributed by atoms with E-state index in [4.69, 9.17) is 0 Å². The SMILES string of the molecule is C[Si]1(C)c2ccccc2-c2ccc(-c3ccc(N(c4cccc(-c5cccc6ccccc56)c4)c4cccc5c4[Si](C)(C)c4ccccc4-5)cc3)cc21. The highest BCUT2D eigenvalue weighted by Crippen LogP contribution is 2.42. The van der Waals surface area contributed by atoms with Gasteiger partial charge in [0.15, 0.2) is 0 Å². The van der Waals surface area contributed by atoms with Gasteiger partial charge >= 0.3 is 0 Å². The second-order valence-electron chi connectivity index (χ2n) is 15.8. The van der Waals surface area contributed by atoms with E-state index < -0.39 is 16.1 Å². The monoisotopic (exact) mass is 711 g/mol. The molecular formula is C50H41NSi2. The summed E-state index contributed by atoms with van der Waals surface area (Å²) in [6.45, 7) is 10.0. The van der Waals surface area contributed by atoms with Crippen LogP contribution in [0.2, 0.25) is 26.2 Å². The van der Waals surface area contributed by atoms with Gasteiger partial charge in [0.05, 0.1) is 0 Å². The van der Waals surface area contributed by atoms with E-state index in [1.54, 1.807) is 10.4 Å². The van der Waals surface area contributed by atoms with Gasteiger partial charge in [0.25, 0.3) is 0 Å². The molecule has 0 amide bonds. The summed E-state index contributed by atoms with van der Waals surface area (Å²) in [5.41, 5.74) is 14.2. The lowest BCUT2D eigenvalue weighted by atomic mass is 9.97. The Kier molecular flexibility index (Phi) is 7.17. The normalized spacial score (nSPS) is 14.3. The van der Waals surface area contributed by atoms with Crippen LogP contribution in [0.3, 0.4) is 0 Å². The quantitative estimate of drug-likeness (QED) is 0.161. The summed E-state index contributed by atoms with van der Waals surface area (Å²) in [7, 11) is -3.79. The predicted octanol–water partition coefficient (Wildman–Crippen LogP) is 11.2. The van der Waals surface area contributed by atoms with E-state index >= 15 is 0 Å². The molecule has 2 aliphatic rings. The molecule has 0 saturated carbocycles. The van der Waals surface area contributed by atoms with Gasteiger partial charge in [-0.25, -0.2) is 0 Å². The highest BCUT2D eigenvalue weighted by Gasteiger charge is 2.41. The fraction of sp³-hybridized carbons (Fsp3) is 0.0800. The first-order valence-electron chi connectivity index (χ1n) is 18.8. The maximum atomic E-state index is 2.52. The number of hydrogen-bond acceptors (Lipinski definition) is 1. The highest BCUT2D eigenvalue weighted by atomic mass is 28.3. The molecule has 0 unspecified atom stereocenters. The summed E-state index contributed by atoms with van der Waals surface area (Å²) >= 11 is 0. The van der Waals surface area contributed by atoms with Gasteiger partial charge in [-0.1, -0.05) is 172 Å². The van der Waals surface area contributed by atoms with Crippen molar-refractivity contribution < 1.29 is 0 Å². The van der Waals surface area contributed by atoms with Crippen molar-refractivity contribution in [3.8, 4) is 44.5 Å². The van der Waals surface area contributed by atoms with E-state index in [1.165, 1.54) is 82.7 Å². The Morgan fingerprint density at radius 1 is 0.358 bits per heavy atom. The van der Waals surface area contributed by atoms with E-state index in [9.17, 15) is 0 Å². The lowest BCUT2D eigenvalue weighted by molar-refractivity contribution is 1.29. The fourth-order valence-corrected chi connectivity index (χ4v) is 15.9. The molecule has 0 saturated heterocycles. The summed E-state index contributed by atoms with van der Waals surface area (Å²) in [5.74, 6) is 0. The van der Waals surface area contributed by atoms with E-state index in [2.05, 4.69) is 207 Å². The van der Waals surface area contributed by atoms with E-state index in [0.717, 1.165) is 0 Å². The van der Waals surface area contributed by atoms with E-state index in [1.807, 2.05) is 0 Å². The molecular weight excluding hydrogens is 671 g/mol. The minimum Gasteiger partial charge on any atom is -0.311 e. The molecule has 0 bridgehead atoms. The zero-order valence-electron chi connectivity index (χ0n) is 30.7. The standard InChI is InChI=1S/C50H41NSi2/c1-52(2)47-24-9-7-19-42(47)44-31-28-36(33-49(44)52)34-26-29-38(30-27-34)51(46-23-13-22-45-43-20-8-10-25-48(43)53(3,4)50(45)46)39-17-11-16-37(32-39)41-21-12-15-35-14-5-6-18-40(35)41/h5-33H,1-4H3. The zero-order valence-corrected chi connectivity index (χ0v) is 32.7. The average molecular weight is 712 g/mol. The van der Waals surface area contributed by atoms with Crippen molar-refractivity contribution in [3.05, 3.63) is 176 Å². The number of nitrogens with zero attached hydrogens (tertiary/aromatic N) is 1. The second-order valence-corrected chi connectivity index (χ2v) is 24.4. The third-order valence-corrected chi connectivity index (χ3v) is 19.1. The minimum atomic E-state index is -2.02. The maximum absolute atomic E-state index is 2.52. The van der Waals surface area contributed by atoms with Gasteiger partial charge in [0.2, 0.25) is 0 Å². The van der Waals surface area contributed by atoms with Crippen LogP contribution in [0.25, 0.3) is 55.3 Å². The van der Waals surface area contributed by atoms with Crippen molar-refractivity contribution in [2.45, 2.75) is 26.2 Å². The molecule has 8 aromatic rings. The molecule has 2 heterocycles. The first-order chi connectivity index (χ1) is 25.8. The van der Waals surface area contributed by atoms with Crippen molar-refractivity contribution in [1.29, 1.82) is 0 Å². The molecule has 2 aliphatic heterocycles. The van der Waals surface area contributed by atoms with Crippen molar-refractivity contribution >= 4 is 64.7 Å². The van der Waals surface area contributed by atoms with Gasteiger partial charge in [-0.05, 0) is 106 Å². The van der Waals surface area contributed by atoms with Crippen LogP contribution in [0.5, 0.6) is 0 Å². The van der Waals surface area contributed by atoms with Crippen molar-refractivity contribution in [2.24, 2.45) is 0 Å². The van der Waals surface area contributed by atoms with Crippen LogP contribution in [0, 0.1) is 0 Å². The molecule has 254 valence electrons. The first kappa shape index (κ1) is 31.9. The number of fused-ring (bicyclic) bond motifs is 7. The third-order valence-electron chi connectivity index (χ3n) is 12.0. The lowest BCUT2D eigenvalue weighted by Gasteiger charge is -2.32. The molecule has 0 radical (unpaired) electrons. The van der Waals surface area contributed by atoms with Gasteiger partial charge in [-0.15, -0.1) is 0 Å². The Balaban J connectivity index is 1.12. The van der Waals surface area contributed by atoms with Gasteiger partial charge < -0.3 is 4.90 Å². The van der Waals surface area contributed by atoms with E-state index in [0.29, 0.717) is 0 Å². The smallest absolute Gasteiger partial charge is 0.116 e. The Morgan fingerprint density at radius 2 is 0.943 bits per heavy atom. The lowest BCUT2D eigenvalue weighted by Crippen LogP contribution is -2.50. The Morgan fingerprint density at radius 3 is 1.75 bits per heavy atom. The molecule has 0 aromatic heterocycles. The van der Waals surface area contributed by atoms with Gasteiger partial charge in [-0.2, -0.15) is 0 Å². The summed E-state index contributed by atoms with van der Waals surface area (Å²) in [4.78, 5) is 2.52. The van der Waals surface area contributed by atoms with E-state index in [-0.39, 0.29) is 0 Å². The minimum absolute atomic E-state index is 1.17. The summed E-state index contributed by atoms with van der Waals surface area (Å²) in [5, 5.41) is 8.65. The van der Waals surface area contributed by atoms with Crippen LogP contribution in [0.1, 0.15) is 0 Å². The van der Waals surface area contributed by atoms with Crippen LogP contribution in [-0.2, 0) is 0 Å². The van der Waals surface area contributed by atoms with Crippen LogP contribution in [-0.4, -0.2) is 16.1 Å². The average Bonchev–Trinajstić information content (AvgIpc) is 3.58. The van der Waals surface area contributed by atoms with Crippen molar-refractivity contribution in [1.82, 2.24) is 0 Å².